The number of ketones is 1. The molecule has 0 unspecified atom stereocenters. The van der Waals surface area contributed by atoms with Gasteiger partial charge in [-0.15, -0.1) is 0 Å². The summed E-state index contributed by atoms with van der Waals surface area (Å²) < 4.78 is 28.0. The van der Waals surface area contributed by atoms with Crippen molar-refractivity contribution in [3.05, 3.63) is 47.3 Å². The lowest BCUT2D eigenvalue weighted by molar-refractivity contribution is -0.160. The number of phenols is 3. The quantitative estimate of drug-likeness (QED) is 0.0875. The van der Waals surface area contributed by atoms with Crippen molar-refractivity contribution in [3.8, 4) is 23.0 Å². The minimum Gasteiger partial charge on any atom is -0.507 e. The Hall–Kier alpha value is -5.03. The fourth-order valence-corrected chi connectivity index (χ4v) is 7.13. The number of phenolic OH excluding ortho intramolecular Hbond substituents is 3. The van der Waals surface area contributed by atoms with Gasteiger partial charge in [0.05, 0.1) is 35.5 Å². The van der Waals surface area contributed by atoms with Crippen LogP contribution < -0.4 is 15.4 Å². The molecule has 0 aromatic heterocycles. The van der Waals surface area contributed by atoms with Crippen LogP contribution in [0.25, 0.3) is 10.8 Å². The van der Waals surface area contributed by atoms with Crippen molar-refractivity contribution >= 4 is 57.5 Å². The number of halogens is 1. The number of rotatable bonds is 4. The molecule has 306 valence electrons. The van der Waals surface area contributed by atoms with Crippen LogP contribution in [0.1, 0.15) is 64.4 Å². The van der Waals surface area contributed by atoms with Crippen molar-refractivity contribution in [2.24, 2.45) is 23.7 Å². The average Bonchev–Trinajstić information content (AvgIpc) is 3.41. The number of carbonyl (C=O) groups is 4. The number of methoxy groups -OCH3 is 1. The maximum Gasteiger partial charge on any atom is 0.413 e. The third kappa shape index (κ3) is 8.38. The number of anilines is 2. The van der Waals surface area contributed by atoms with Gasteiger partial charge in [-0.25, -0.2) is 4.79 Å². The van der Waals surface area contributed by atoms with Crippen molar-refractivity contribution < 1.29 is 68.4 Å². The highest BCUT2D eigenvalue weighted by Gasteiger charge is 2.50. The summed E-state index contributed by atoms with van der Waals surface area (Å²) in [6.07, 6.45) is 1.84. The Morgan fingerprint density at radius 3 is 2.23 bits per heavy atom. The minimum absolute atomic E-state index is 0.0381. The Labute approximate surface area is 328 Å². The molecule has 9 atom stereocenters. The highest BCUT2D eigenvalue weighted by molar-refractivity contribution is 6.24. The number of fused-ring (bicyclic) bond motifs is 14. The zero-order valence-electron chi connectivity index (χ0n) is 32.5. The van der Waals surface area contributed by atoms with E-state index in [1.165, 1.54) is 53.0 Å². The van der Waals surface area contributed by atoms with Gasteiger partial charge < -0.3 is 54.5 Å². The van der Waals surface area contributed by atoms with Crippen LogP contribution in [0.15, 0.2) is 36.1 Å². The number of carbonyl (C=O) groups excluding carboxylic acids is 4. The lowest BCUT2D eigenvalue weighted by Gasteiger charge is -2.38. The molecule has 3 aliphatic rings. The number of aliphatic hydroxyl groups is 2. The molecule has 17 heteroatoms. The Balaban J connectivity index is 1.97. The SMILES string of the molecule is CO[C@H]1/C=C/O[C@@]2(C)Oc3c(C)c(O)c4c(O)c(c(NC(=O)OCCl)c(O)c4c3C2=O)NC(=O)/C(C)=C\C=C\[C@H](C)[C@H](O)[C@@H](C)[C@@H](O)[C@@H](C)[C@H](OC(C)=O)[C@@H]1C. The number of ether oxygens (including phenoxy) is 5. The second-order valence-corrected chi connectivity index (χ2v) is 14.5. The molecule has 2 aromatic rings. The second-order valence-electron chi connectivity index (χ2n) is 14.2. The number of aromatic hydroxyl groups is 3. The van der Waals surface area contributed by atoms with Gasteiger partial charge in [-0.05, 0) is 19.9 Å². The molecule has 0 fully saturated rings. The Bertz CT molecular complexity index is 1980. The number of hydrogen-bond acceptors (Lipinski definition) is 14. The zero-order chi connectivity index (χ0) is 42.0. The van der Waals surface area contributed by atoms with E-state index in [0.29, 0.717) is 0 Å². The van der Waals surface area contributed by atoms with Gasteiger partial charge in [0, 0.05) is 61.2 Å². The molecule has 0 saturated heterocycles. The Morgan fingerprint density at radius 1 is 0.964 bits per heavy atom. The van der Waals surface area contributed by atoms with E-state index in [1.807, 2.05) is 0 Å². The standard InChI is InChI=1S/C39H49ClN2O14/c1-16-11-10-12-17(2)37(50)41-27-28(42-38(51)53-15-40)32(47)24-25(33(27)48)31(46)21(6)35-26(24)36(49)39(8,56-35)54-14-13-23(52-9)18(3)34(55-22(7)43)20(5)30(45)19(4)29(16)44/h10-14,16,18-20,23,29-30,34,44-48H,15H2,1-9H3,(H,41,50)(H,42,51)/b11-10+,14-13+,17-12-/t16-,18+,19+,20+,23-,29-,30+,34+,39-/m0/s1. The van der Waals surface area contributed by atoms with E-state index in [1.54, 1.807) is 33.8 Å². The maximum absolute atomic E-state index is 14.2. The summed E-state index contributed by atoms with van der Waals surface area (Å²) >= 11 is 5.56. The molecule has 0 aliphatic carbocycles. The number of Topliss-reactive ketones (excluding diaryl/α,β-unsaturated/α-hetero) is 1. The largest absolute Gasteiger partial charge is 0.507 e. The highest BCUT2D eigenvalue weighted by Crippen LogP contribution is 2.57. The molecule has 5 rings (SSSR count). The van der Waals surface area contributed by atoms with E-state index in [2.05, 4.69) is 10.6 Å². The number of amides is 2. The van der Waals surface area contributed by atoms with Crippen LogP contribution >= 0.6 is 11.6 Å². The first-order valence-electron chi connectivity index (χ1n) is 17.8. The van der Waals surface area contributed by atoms with Crippen LogP contribution in [0.5, 0.6) is 23.0 Å². The molecule has 2 amide bonds. The van der Waals surface area contributed by atoms with Crippen LogP contribution in [0.4, 0.5) is 16.2 Å². The number of benzene rings is 2. The van der Waals surface area contributed by atoms with Crippen molar-refractivity contribution in [1.29, 1.82) is 0 Å². The molecule has 56 heavy (non-hydrogen) atoms. The van der Waals surface area contributed by atoms with E-state index >= 15 is 0 Å². The van der Waals surface area contributed by atoms with Crippen molar-refractivity contribution in [2.75, 3.05) is 23.8 Å². The normalized spacial score (nSPS) is 30.8. The summed E-state index contributed by atoms with van der Waals surface area (Å²) in [5, 5.41) is 61.2. The van der Waals surface area contributed by atoms with Gasteiger partial charge >= 0.3 is 17.8 Å². The number of hydrogen-bond donors (Lipinski definition) is 7. The molecular weight excluding hydrogens is 756 g/mol. The molecule has 5 bridgehead atoms. The molecule has 3 aliphatic heterocycles. The molecule has 0 spiro atoms. The molecular formula is C39H49ClN2O14. The van der Waals surface area contributed by atoms with Gasteiger partial charge in [-0.3, -0.25) is 19.7 Å². The number of alkyl halides is 1. The monoisotopic (exact) mass is 804 g/mol. The first-order chi connectivity index (χ1) is 26.2. The van der Waals surface area contributed by atoms with Crippen LogP contribution in [0.2, 0.25) is 0 Å². The summed E-state index contributed by atoms with van der Waals surface area (Å²) in [7, 11) is 1.40. The highest BCUT2D eigenvalue weighted by atomic mass is 35.5. The van der Waals surface area contributed by atoms with Crippen molar-refractivity contribution in [3.63, 3.8) is 0 Å². The summed E-state index contributed by atoms with van der Waals surface area (Å²) in [5.41, 5.74) is -1.49. The van der Waals surface area contributed by atoms with Crippen molar-refractivity contribution in [1.82, 2.24) is 0 Å². The number of nitrogens with one attached hydrogen (secondary N) is 2. The van der Waals surface area contributed by atoms with Crippen molar-refractivity contribution in [2.45, 2.75) is 85.6 Å². The fraction of sp³-hybridized carbons (Fsp3) is 0.487. The smallest absolute Gasteiger partial charge is 0.413 e. The van der Waals surface area contributed by atoms with Gasteiger partial charge in [-0.2, -0.15) is 0 Å². The first-order valence-corrected chi connectivity index (χ1v) is 18.3. The minimum atomic E-state index is -2.13. The summed E-state index contributed by atoms with van der Waals surface area (Å²) in [5.74, 6) is -9.62. The first kappa shape index (κ1) is 43.7. The molecule has 16 nitrogen and oxygen atoms in total. The summed E-state index contributed by atoms with van der Waals surface area (Å²) in [4.78, 5) is 52.6. The third-order valence-electron chi connectivity index (χ3n) is 10.4. The second kappa shape index (κ2) is 17.4. The lowest BCUT2D eigenvalue weighted by atomic mass is 9.78. The third-order valence-corrected chi connectivity index (χ3v) is 10.5. The van der Waals surface area contributed by atoms with E-state index in [4.69, 9.17) is 35.3 Å². The lowest BCUT2D eigenvalue weighted by Crippen LogP contribution is -2.46. The maximum atomic E-state index is 14.2. The van der Waals surface area contributed by atoms with E-state index in [9.17, 15) is 44.7 Å². The van der Waals surface area contributed by atoms with Gasteiger partial charge in [0.15, 0.2) is 11.8 Å². The van der Waals surface area contributed by atoms with Gasteiger partial charge in [0.2, 0.25) is 0 Å². The van der Waals surface area contributed by atoms with Gasteiger partial charge in [-0.1, -0.05) is 57.5 Å². The molecule has 2 aromatic carbocycles. The predicted molar refractivity (Wildman–Crippen MR) is 205 cm³/mol. The zero-order valence-corrected chi connectivity index (χ0v) is 33.3. The van der Waals surface area contributed by atoms with Crippen LogP contribution in [0, 0.1) is 30.6 Å². The Morgan fingerprint density at radius 2 is 1.62 bits per heavy atom. The van der Waals surface area contributed by atoms with Crippen LogP contribution in [-0.4, -0.2) is 92.7 Å². The predicted octanol–water partition coefficient (Wildman–Crippen LogP) is 5.50. The molecule has 0 radical (unpaired) electrons. The van der Waals surface area contributed by atoms with Gasteiger partial charge in [0.25, 0.3) is 11.7 Å². The van der Waals surface area contributed by atoms with Crippen LogP contribution in [-0.2, 0) is 28.5 Å². The topological polar surface area (TPSA) is 240 Å². The number of esters is 1. The Kier molecular flexibility index (Phi) is 13.6. The van der Waals surface area contributed by atoms with E-state index in [0.717, 1.165) is 6.26 Å². The molecule has 3 heterocycles. The van der Waals surface area contributed by atoms with Crippen LogP contribution in [0.3, 0.4) is 0 Å². The summed E-state index contributed by atoms with van der Waals surface area (Å²) in [6, 6.07) is -0.607. The number of allylic oxidation sites excluding steroid dienone is 2. The molecule has 7 N–H and O–H groups in total. The average molecular weight is 805 g/mol. The van der Waals surface area contributed by atoms with E-state index in [-0.39, 0.29) is 22.4 Å². The summed E-state index contributed by atoms with van der Waals surface area (Å²) in [6.45, 7) is 12.1. The molecule has 0 saturated carbocycles. The fourth-order valence-electron chi connectivity index (χ4n) is 7.03. The number of aliphatic hydroxyl groups excluding tert-OH is 2. The van der Waals surface area contributed by atoms with Gasteiger partial charge in [0.1, 0.15) is 34.7 Å². The van der Waals surface area contributed by atoms with E-state index < -0.39 is 123 Å².